The van der Waals surface area contributed by atoms with Gasteiger partial charge in [0.2, 0.25) is 0 Å². The predicted octanol–water partition coefficient (Wildman–Crippen LogP) is 3.68. The Balaban J connectivity index is 2.10. The first-order valence-electron chi connectivity index (χ1n) is 5.90. The summed E-state index contributed by atoms with van der Waals surface area (Å²) in [5.74, 6) is 0.624. The molecule has 4 heteroatoms. The molecule has 0 amide bonds. The fourth-order valence-electron chi connectivity index (χ4n) is 2.29. The van der Waals surface area contributed by atoms with Crippen LogP contribution in [0.2, 0.25) is 10.0 Å². The van der Waals surface area contributed by atoms with Crippen molar-refractivity contribution in [3.05, 3.63) is 33.8 Å². The van der Waals surface area contributed by atoms with Crippen LogP contribution < -0.4 is 5.32 Å². The van der Waals surface area contributed by atoms with Crippen molar-refractivity contribution in [2.24, 2.45) is 5.92 Å². The van der Waals surface area contributed by atoms with Gasteiger partial charge in [-0.05, 0) is 43.5 Å². The molecule has 1 N–H and O–H groups in total. The SMILES string of the molecule is CNC(CC1CCOC1)c1ccc(Cl)cc1Cl. The van der Waals surface area contributed by atoms with E-state index in [1.807, 2.05) is 19.2 Å². The normalized spacial score (nSPS) is 21.7. The summed E-state index contributed by atoms with van der Waals surface area (Å²) < 4.78 is 5.41. The molecule has 1 aromatic rings. The molecule has 1 aliphatic heterocycles. The molecule has 1 aromatic carbocycles. The molecular formula is C13H17Cl2NO. The number of nitrogens with one attached hydrogen (secondary N) is 1. The van der Waals surface area contributed by atoms with Gasteiger partial charge in [0, 0.05) is 29.3 Å². The molecule has 17 heavy (non-hydrogen) atoms. The van der Waals surface area contributed by atoms with Gasteiger partial charge in [-0.2, -0.15) is 0 Å². The molecule has 0 aromatic heterocycles. The number of hydrogen-bond donors (Lipinski definition) is 1. The molecule has 0 saturated carbocycles. The molecule has 0 radical (unpaired) electrons. The monoisotopic (exact) mass is 273 g/mol. The van der Waals surface area contributed by atoms with Gasteiger partial charge >= 0.3 is 0 Å². The molecule has 0 bridgehead atoms. The van der Waals surface area contributed by atoms with Crippen molar-refractivity contribution >= 4 is 23.2 Å². The maximum Gasteiger partial charge on any atom is 0.0495 e. The van der Waals surface area contributed by atoms with Gasteiger partial charge in [0.15, 0.2) is 0 Å². The lowest BCUT2D eigenvalue weighted by Gasteiger charge is -2.21. The molecule has 2 atom stereocenters. The molecule has 1 heterocycles. The summed E-state index contributed by atoms with van der Waals surface area (Å²) in [5, 5.41) is 4.73. The number of rotatable bonds is 4. The van der Waals surface area contributed by atoms with Gasteiger partial charge in [0.25, 0.3) is 0 Å². The molecule has 1 fully saturated rings. The van der Waals surface area contributed by atoms with E-state index in [1.54, 1.807) is 6.07 Å². The first kappa shape index (κ1) is 13.2. The highest BCUT2D eigenvalue weighted by atomic mass is 35.5. The van der Waals surface area contributed by atoms with Crippen LogP contribution in [0.15, 0.2) is 18.2 Å². The average molecular weight is 274 g/mol. The Morgan fingerprint density at radius 3 is 2.88 bits per heavy atom. The third-order valence-electron chi connectivity index (χ3n) is 3.28. The molecule has 0 spiro atoms. The van der Waals surface area contributed by atoms with Gasteiger partial charge < -0.3 is 10.1 Å². The van der Waals surface area contributed by atoms with Crippen molar-refractivity contribution in [3.63, 3.8) is 0 Å². The Morgan fingerprint density at radius 2 is 2.29 bits per heavy atom. The van der Waals surface area contributed by atoms with E-state index >= 15 is 0 Å². The van der Waals surface area contributed by atoms with E-state index < -0.39 is 0 Å². The van der Waals surface area contributed by atoms with E-state index in [0.717, 1.165) is 36.6 Å². The molecular weight excluding hydrogens is 257 g/mol. The second kappa shape index (κ2) is 6.05. The van der Waals surface area contributed by atoms with Crippen LogP contribution in [0.5, 0.6) is 0 Å². The number of ether oxygens (including phenoxy) is 1. The molecule has 0 aliphatic carbocycles. The van der Waals surface area contributed by atoms with Crippen molar-refractivity contribution in [2.45, 2.75) is 18.9 Å². The van der Waals surface area contributed by atoms with Crippen LogP contribution in [0, 0.1) is 5.92 Å². The van der Waals surface area contributed by atoms with Crippen molar-refractivity contribution in [1.29, 1.82) is 0 Å². The Bertz CT molecular complexity index is 378. The number of hydrogen-bond acceptors (Lipinski definition) is 2. The quantitative estimate of drug-likeness (QED) is 0.904. The highest BCUT2D eigenvalue weighted by Crippen LogP contribution is 2.31. The number of halogens is 2. The number of benzene rings is 1. The summed E-state index contributed by atoms with van der Waals surface area (Å²) in [6, 6.07) is 5.96. The van der Waals surface area contributed by atoms with Crippen molar-refractivity contribution < 1.29 is 4.74 Å². The third-order valence-corrected chi connectivity index (χ3v) is 3.84. The van der Waals surface area contributed by atoms with Crippen molar-refractivity contribution in [2.75, 3.05) is 20.3 Å². The summed E-state index contributed by atoms with van der Waals surface area (Å²) >= 11 is 12.1. The van der Waals surface area contributed by atoms with Gasteiger partial charge in [-0.3, -0.25) is 0 Å². The highest BCUT2D eigenvalue weighted by Gasteiger charge is 2.22. The van der Waals surface area contributed by atoms with E-state index in [0.29, 0.717) is 10.9 Å². The predicted molar refractivity (Wildman–Crippen MR) is 71.8 cm³/mol. The largest absolute Gasteiger partial charge is 0.381 e. The smallest absolute Gasteiger partial charge is 0.0495 e. The van der Waals surface area contributed by atoms with Crippen LogP contribution in [0.25, 0.3) is 0 Å². The summed E-state index contributed by atoms with van der Waals surface area (Å²) in [4.78, 5) is 0. The topological polar surface area (TPSA) is 21.3 Å². The minimum atomic E-state index is 0.270. The molecule has 94 valence electrons. The molecule has 2 nitrogen and oxygen atoms in total. The van der Waals surface area contributed by atoms with E-state index in [2.05, 4.69) is 5.32 Å². The fraction of sp³-hybridized carbons (Fsp3) is 0.538. The fourth-order valence-corrected chi connectivity index (χ4v) is 2.83. The molecule has 2 rings (SSSR count). The van der Waals surface area contributed by atoms with Gasteiger partial charge in [-0.1, -0.05) is 29.3 Å². The molecule has 1 saturated heterocycles. The maximum atomic E-state index is 6.23. The average Bonchev–Trinajstić information content (AvgIpc) is 2.79. The van der Waals surface area contributed by atoms with Gasteiger partial charge in [-0.25, -0.2) is 0 Å². The van der Waals surface area contributed by atoms with Crippen LogP contribution in [-0.2, 0) is 4.74 Å². The highest BCUT2D eigenvalue weighted by molar-refractivity contribution is 6.35. The Hall–Kier alpha value is -0.280. The summed E-state index contributed by atoms with van der Waals surface area (Å²) in [5.41, 5.74) is 1.12. The second-order valence-electron chi connectivity index (χ2n) is 4.47. The maximum absolute atomic E-state index is 6.23. The summed E-state index contributed by atoms with van der Waals surface area (Å²) in [6.45, 7) is 1.75. The van der Waals surface area contributed by atoms with Gasteiger partial charge in [0.1, 0.15) is 0 Å². The zero-order valence-corrected chi connectivity index (χ0v) is 11.4. The molecule has 2 unspecified atom stereocenters. The van der Waals surface area contributed by atoms with Crippen molar-refractivity contribution in [3.8, 4) is 0 Å². The van der Waals surface area contributed by atoms with E-state index in [-0.39, 0.29) is 6.04 Å². The zero-order chi connectivity index (χ0) is 12.3. The lowest BCUT2D eigenvalue weighted by Crippen LogP contribution is -2.20. The summed E-state index contributed by atoms with van der Waals surface area (Å²) in [7, 11) is 1.96. The lowest BCUT2D eigenvalue weighted by molar-refractivity contribution is 0.181. The Kier molecular flexibility index (Phi) is 4.69. The van der Waals surface area contributed by atoms with Crippen LogP contribution in [0.3, 0.4) is 0 Å². The third kappa shape index (κ3) is 3.35. The van der Waals surface area contributed by atoms with Crippen LogP contribution in [0.4, 0.5) is 0 Å². The first-order valence-corrected chi connectivity index (χ1v) is 6.66. The Labute approximate surface area is 112 Å². The van der Waals surface area contributed by atoms with E-state index in [1.165, 1.54) is 0 Å². The van der Waals surface area contributed by atoms with E-state index in [9.17, 15) is 0 Å². The van der Waals surface area contributed by atoms with Crippen molar-refractivity contribution in [1.82, 2.24) is 5.32 Å². The standard InChI is InChI=1S/C13H17Cl2NO/c1-16-13(6-9-4-5-17-8-9)11-3-2-10(14)7-12(11)15/h2-3,7,9,13,16H,4-6,8H2,1H3. The molecule has 1 aliphatic rings. The van der Waals surface area contributed by atoms with Crippen LogP contribution >= 0.6 is 23.2 Å². The van der Waals surface area contributed by atoms with Gasteiger partial charge in [0.05, 0.1) is 0 Å². The minimum absolute atomic E-state index is 0.270. The second-order valence-corrected chi connectivity index (χ2v) is 5.32. The lowest BCUT2D eigenvalue weighted by atomic mass is 9.94. The minimum Gasteiger partial charge on any atom is -0.381 e. The van der Waals surface area contributed by atoms with Crippen LogP contribution in [0.1, 0.15) is 24.4 Å². The zero-order valence-electron chi connectivity index (χ0n) is 9.88. The van der Waals surface area contributed by atoms with Crippen LogP contribution in [-0.4, -0.2) is 20.3 Å². The summed E-state index contributed by atoms with van der Waals surface area (Å²) in [6.07, 6.45) is 2.20. The Morgan fingerprint density at radius 1 is 1.47 bits per heavy atom. The van der Waals surface area contributed by atoms with E-state index in [4.69, 9.17) is 27.9 Å². The van der Waals surface area contributed by atoms with Gasteiger partial charge in [-0.15, -0.1) is 0 Å². The first-order chi connectivity index (χ1) is 8.20.